The molecule has 1 aromatic heterocycles. The van der Waals surface area contributed by atoms with Crippen LogP contribution in [0, 0.1) is 10.1 Å². The number of nitrogens with zero attached hydrogens (tertiary/aromatic N) is 4. The standard InChI is InChI=1S/C22H22N4O7S2/c1-3-33-20(27)13-25-18-12-16(26(29)30)8-11-19(18)34-22(25)23-21(28)14-4-9-17(10-5-14)35(31,32)24(2)15-6-7-15/h4-5,8-12,15H,3,6-7,13H2,1-2H3. The average molecular weight is 519 g/mol. The van der Waals surface area contributed by atoms with E-state index in [1.54, 1.807) is 6.92 Å². The topological polar surface area (TPSA) is 141 Å². The quantitative estimate of drug-likeness (QED) is 0.254. The molecule has 3 aromatic rings. The van der Waals surface area contributed by atoms with E-state index in [1.165, 1.54) is 58.4 Å². The number of hydrogen-bond acceptors (Lipinski definition) is 8. The number of thiazole rings is 1. The van der Waals surface area contributed by atoms with Gasteiger partial charge in [-0.2, -0.15) is 9.30 Å². The minimum absolute atomic E-state index is 0.00920. The summed E-state index contributed by atoms with van der Waals surface area (Å²) >= 11 is 1.09. The molecule has 1 saturated carbocycles. The Kier molecular flexibility index (Phi) is 6.83. The number of nitro benzene ring substituents is 1. The van der Waals surface area contributed by atoms with Gasteiger partial charge in [-0.25, -0.2) is 8.42 Å². The van der Waals surface area contributed by atoms with Crippen LogP contribution in [0.25, 0.3) is 10.2 Å². The molecule has 0 unspecified atom stereocenters. The first-order valence-corrected chi connectivity index (χ1v) is 13.0. The highest BCUT2D eigenvalue weighted by atomic mass is 32.2. The first-order chi connectivity index (χ1) is 16.6. The molecule has 1 aliphatic rings. The number of amides is 1. The number of fused-ring (bicyclic) bond motifs is 1. The minimum atomic E-state index is -3.65. The van der Waals surface area contributed by atoms with Crippen LogP contribution in [0.5, 0.6) is 0 Å². The number of aromatic nitrogens is 1. The van der Waals surface area contributed by atoms with Gasteiger partial charge in [-0.15, -0.1) is 0 Å². The van der Waals surface area contributed by atoms with Crippen LogP contribution in [0.4, 0.5) is 5.69 Å². The van der Waals surface area contributed by atoms with Crippen molar-refractivity contribution >= 4 is 49.1 Å². The molecule has 1 heterocycles. The molecule has 35 heavy (non-hydrogen) atoms. The van der Waals surface area contributed by atoms with Gasteiger partial charge in [-0.05, 0) is 50.1 Å². The Labute approximate surface area is 204 Å². The van der Waals surface area contributed by atoms with Crippen LogP contribution in [0.1, 0.15) is 30.1 Å². The molecule has 0 spiro atoms. The zero-order valence-electron chi connectivity index (χ0n) is 18.9. The van der Waals surface area contributed by atoms with Crippen molar-refractivity contribution in [3.63, 3.8) is 0 Å². The summed E-state index contributed by atoms with van der Waals surface area (Å²) in [6.45, 7) is 1.52. The summed E-state index contributed by atoms with van der Waals surface area (Å²) in [5.74, 6) is -1.23. The molecule has 0 bridgehead atoms. The van der Waals surface area contributed by atoms with E-state index in [4.69, 9.17) is 4.74 Å². The lowest BCUT2D eigenvalue weighted by Crippen LogP contribution is -2.28. The molecule has 1 aliphatic carbocycles. The van der Waals surface area contributed by atoms with Gasteiger partial charge in [0.1, 0.15) is 6.54 Å². The van der Waals surface area contributed by atoms with Gasteiger partial charge in [0.25, 0.3) is 11.6 Å². The van der Waals surface area contributed by atoms with Gasteiger partial charge in [0.15, 0.2) is 4.80 Å². The second-order valence-electron chi connectivity index (χ2n) is 7.88. The third kappa shape index (κ3) is 5.16. The summed E-state index contributed by atoms with van der Waals surface area (Å²) in [5.41, 5.74) is 0.358. The maximum atomic E-state index is 12.9. The van der Waals surface area contributed by atoms with Gasteiger partial charge >= 0.3 is 5.97 Å². The summed E-state index contributed by atoms with van der Waals surface area (Å²) in [5, 5.41) is 11.2. The van der Waals surface area contributed by atoms with E-state index < -0.39 is 26.8 Å². The first kappa shape index (κ1) is 24.7. The van der Waals surface area contributed by atoms with Crippen LogP contribution >= 0.6 is 11.3 Å². The Bertz CT molecular complexity index is 1490. The predicted molar refractivity (Wildman–Crippen MR) is 127 cm³/mol. The summed E-state index contributed by atoms with van der Waals surface area (Å²) in [6, 6.07) is 9.66. The maximum Gasteiger partial charge on any atom is 0.326 e. The van der Waals surface area contributed by atoms with Crippen LogP contribution in [-0.4, -0.2) is 53.8 Å². The van der Waals surface area contributed by atoms with E-state index in [1.807, 2.05) is 0 Å². The summed E-state index contributed by atoms with van der Waals surface area (Å²) in [6.07, 6.45) is 1.66. The lowest BCUT2D eigenvalue weighted by molar-refractivity contribution is -0.384. The summed E-state index contributed by atoms with van der Waals surface area (Å²) in [7, 11) is -2.11. The molecule has 184 valence electrons. The predicted octanol–water partition coefficient (Wildman–Crippen LogP) is 2.70. The number of carbonyl (C=O) groups excluding carboxylic acids is 2. The Morgan fingerprint density at radius 3 is 2.51 bits per heavy atom. The van der Waals surface area contributed by atoms with E-state index in [-0.39, 0.29) is 40.1 Å². The number of sulfonamides is 1. The highest BCUT2D eigenvalue weighted by molar-refractivity contribution is 7.89. The van der Waals surface area contributed by atoms with Crippen molar-refractivity contribution in [2.45, 2.75) is 37.2 Å². The smallest absolute Gasteiger partial charge is 0.326 e. The van der Waals surface area contributed by atoms with Crippen molar-refractivity contribution in [3.05, 3.63) is 62.9 Å². The third-order valence-electron chi connectivity index (χ3n) is 5.51. The van der Waals surface area contributed by atoms with Gasteiger partial charge in [0.05, 0.1) is 26.6 Å². The fourth-order valence-electron chi connectivity index (χ4n) is 3.47. The molecule has 0 atom stereocenters. The number of hydrogen-bond donors (Lipinski definition) is 0. The van der Waals surface area contributed by atoms with Gasteiger partial charge in [0.2, 0.25) is 10.0 Å². The van der Waals surface area contributed by atoms with E-state index in [0.717, 1.165) is 24.2 Å². The molecule has 1 amide bonds. The fourth-order valence-corrected chi connectivity index (χ4v) is 5.89. The fraction of sp³-hybridized carbons (Fsp3) is 0.318. The summed E-state index contributed by atoms with van der Waals surface area (Å²) in [4.78, 5) is 40.1. The third-order valence-corrected chi connectivity index (χ3v) is 8.49. The van der Waals surface area contributed by atoms with Crippen LogP contribution in [0.15, 0.2) is 52.4 Å². The van der Waals surface area contributed by atoms with Gasteiger partial charge in [0, 0.05) is 30.8 Å². The summed E-state index contributed by atoms with van der Waals surface area (Å²) < 4.78 is 33.7. The Morgan fingerprint density at radius 1 is 1.23 bits per heavy atom. The van der Waals surface area contributed by atoms with E-state index in [9.17, 15) is 28.1 Å². The SMILES string of the molecule is CCOC(=O)Cn1c(=NC(=O)c2ccc(S(=O)(=O)N(C)C3CC3)cc2)sc2ccc([N+](=O)[O-])cc21. The highest BCUT2D eigenvalue weighted by Crippen LogP contribution is 2.30. The number of non-ortho nitro benzene ring substituents is 1. The second-order valence-corrected chi connectivity index (χ2v) is 10.9. The van der Waals surface area contributed by atoms with E-state index in [2.05, 4.69) is 4.99 Å². The van der Waals surface area contributed by atoms with Crippen LogP contribution in [0.2, 0.25) is 0 Å². The minimum Gasteiger partial charge on any atom is -0.465 e. The van der Waals surface area contributed by atoms with Crippen molar-refractivity contribution in [2.75, 3.05) is 13.7 Å². The number of rotatable bonds is 8. The van der Waals surface area contributed by atoms with Gasteiger partial charge in [-0.3, -0.25) is 19.7 Å². The van der Waals surface area contributed by atoms with Crippen molar-refractivity contribution < 1.29 is 27.7 Å². The van der Waals surface area contributed by atoms with Crippen molar-refractivity contribution in [1.82, 2.24) is 8.87 Å². The second kappa shape index (κ2) is 9.68. The maximum absolute atomic E-state index is 12.9. The van der Waals surface area contributed by atoms with Crippen LogP contribution in [-0.2, 0) is 26.1 Å². The molecule has 13 heteroatoms. The van der Waals surface area contributed by atoms with E-state index in [0.29, 0.717) is 10.2 Å². The van der Waals surface area contributed by atoms with Crippen molar-refractivity contribution in [3.8, 4) is 0 Å². The Morgan fingerprint density at radius 2 is 1.91 bits per heavy atom. The molecule has 0 radical (unpaired) electrons. The molecule has 4 rings (SSSR count). The van der Waals surface area contributed by atoms with E-state index >= 15 is 0 Å². The molecule has 11 nitrogen and oxygen atoms in total. The monoisotopic (exact) mass is 518 g/mol. The number of esters is 1. The number of nitro groups is 1. The average Bonchev–Trinajstić information content (AvgIpc) is 3.62. The molecule has 0 aliphatic heterocycles. The van der Waals surface area contributed by atoms with Crippen molar-refractivity contribution in [2.24, 2.45) is 4.99 Å². The number of carbonyl (C=O) groups is 2. The van der Waals surface area contributed by atoms with Crippen LogP contribution < -0.4 is 4.80 Å². The molecular formula is C22H22N4O7S2. The van der Waals surface area contributed by atoms with Gasteiger partial charge in [-0.1, -0.05) is 11.3 Å². The molecular weight excluding hydrogens is 496 g/mol. The molecule has 0 N–H and O–H groups in total. The Balaban J connectivity index is 1.71. The molecule has 2 aromatic carbocycles. The largest absolute Gasteiger partial charge is 0.465 e. The van der Waals surface area contributed by atoms with Crippen LogP contribution in [0.3, 0.4) is 0 Å². The normalized spacial score (nSPS) is 14.4. The van der Waals surface area contributed by atoms with Crippen molar-refractivity contribution in [1.29, 1.82) is 0 Å². The first-order valence-electron chi connectivity index (χ1n) is 10.7. The highest BCUT2D eigenvalue weighted by Gasteiger charge is 2.35. The molecule has 0 saturated heterocycles. The zero-order valence-corrected chi connectivity index (χ0v) is 20.5. The Hall–Kier alpha value is -3.42. The molecule has 1 fully saturated rings. The lowest BCUT2D eigenvalue weighted by atomic mass is 10.2. The number of benzene rings is 2. The number of ether oxygens (including phenoxy) is 1. The van der Waals surface area contributed by atoms with Gasteiger partial charge < -0.3 is 9.30 Å². The zero-order chi connectivity index (χ0) is 25.3. The lowest BCUT2D eigenvalue weighted by Gasteiger charge is -2.16.